The first-order valence-corrected chi connectivity index (χ1v) is 11.3. The monoisotopic (exact) mass is 521 g/mol. The van der Waals surface area contributed by atoms with Crippen molar-refractivity contribution in [2.75, 3.05) is 25.2 Å². The predicted octanol–water partition coefficient (Wildman–Crippen LogP) is 4.20. The van der Waals surface area contributed by atoms with E-state index in [1.807, 2.05) is 0 Å². The van der Waals surface area contributed by atoms with E-state index < -0.39 is 47.5 Å². The van der Waals surface area contributed by atoms with E-state index in [-0.39, 0.29) is 52.7 Å². The van der Waals surface area contributed by atoms with Gasteiger partial charge in [-0.1, -0.05) is 0 Å². The Labute approximate surface area is 206 Å². The van der Waals surface area contributed by atoms with Gasteiger partial charge >= 0.3 is 5.97 Å². The molecular weight excluding hydrogens is 503 g/mol. The highest BCUT2D eigenvalue weighted by molar-refractivity contribution is 7.12. The molecule has 12 heteroatoms. The number of benzene rings is 2. The minimum Gasteiger partial charge on any atom is -0.491 e. The van der Waals surface area contributed by atoms with Crippen molar-refractivity contribution >= 4 is 34.8 Å². The third-order valence-electron chi connectivity index (χ3n) is 5.31. The van der Waals surface area contributed by atoms with Gasteiger partial charge in [0, 0.05) is 13.2 Å². The van der Waals surface area contributed by atoms with E-state index in [1.165, 1.54) is 24.6 Å². The normalized spacial score (nSPS) is 13.1. The van der Waals surface area contributed by atoms with Gasteiger partial charge in [0.1, 0.15) is 35.4 Å². The molecule has 1 aliphatic rings. The number of methoxy groups -OCH3 is 1. The number of carbonyl (C=O) groups excluding carboxylic acids is 2. The van der Waals surface area contributed by atoms with E-state index in [9.17, 15) is 32.7 Å². The summed E-state index contributed by atoms with van der Waals surface area (Å²) in [6.07, 6.45) is -0.300. The summed E-state index contributed by atoms with van der Waals surface area (Å²) in [5.74, 6) is -6.40. The molecule has 188 valence electrons. The lowest BCUT2D eigenvalue weighted by Gasteiger charge is -2.26. The van der Waals surface area contributed by atoms with Crippen molar-refractivity contribution < 1.29 is 46.9 Å². The Balaban J connectivity index is 1.62. The fourth-order valence-electron chi connectivity index (χ4n) is 3.62. The maximum atomic E-state index is 14.7. The van der Waals surface area contributed by atoms with Gasteiger partial charge in [-0.25, -0.2) is 22.9 Å². The summed E-state index contributed by atoms with van der Waals surface area (Å²) in [5.41, 5.74) is -0.639. The van der Waals surface area contributed by atoms with Gasteiger partial charge < -0.3 is 19.3 Å². The number of nitrogens with zero attached hydrogens (tertiary/aromatic N) is 1. The predicted molar refractivity (Wildman–Crippen MR) is 121 cm³/mol. The van der Waals surface area contributed by atoms with Crippen molar-refractivity contribution in [2.24, 2.45) is 0 Å². The second-order valence-electron chi connectivity index (χ2n) is 7.56. The molecule has 1 N–H and O–H groups in total. The van der Waals surface area contributed by atoms with E-state index in [1.54, 1.807) is 0 Å². The number of hydrogen-bond acceptors (Lipinski definition) is 7. The fourth-order valence-corrected chi connectivity index (χ4v) is 4.51. The smallest absolute Gasteiger partial charge is 0.346 e. The van der Waals surface area contributed by atoms with E-state index in [0.717, 1.165) is 29.5 Å². The standard InChI is InChI=1S/C24H18F3NO7S/c1-33-6-7-34-18-5-4-16(26)21(27)14(18)10-35-13-2-3-15(25)17(9-13)28-19(29)8-12-11-36-22(24(31)32)20(12)23(28)30/h2-5,9,11H,6-8,10H2,1H3,(H,31,32). The molecule has 0 bridgehead atoms. The Morgan fingerprint density at radius 3 is 2.56 bits per heavy atom. The van der Waals surface area contributed by atoms with Gasteiger partial charge in [0.05, 0.1) is 29.8 Å². The second-order valence-corrected chi connectivity index (χ2v) is 8.44. The SMILES string of the molecule is COCCOc1ccc(F)c(F)c1COc1ccc(F)c(N2C(=O)Cc3csc(C(=O)O)c3C2=O)c1. The number of imide groups is 1. The van der Waals surface area contributed by atoms with Gasteiger partial charge in [-0.3, -0.25) is 9.59 Å². The molecule has 36 heavy (non-hydrogen) atoms. The number of hydrogen-bond donors (Lipinski definition) is 1. The molecule has 4 rings (SSSR count). The molecule has 2 amide bonds. The average Bonchev–Trinajstić information content (AvgIpc) is 3.27. The molecule has 1 aliphatic heterocycles. The summed E-state index contributed by atoms with van der Waals surface area (Å²) in [4.78, 5) is 37.5. The molecule has 2 heterocycles. The highest BCUT2D eigenvalue weighted by Crippen LogP contribution is 2.35. The molecule has 0 fully saturated rings. The van der Waals surface area contributed by atoms with Crippen LogP contribution in [0.5, 0.6) is 11.5 Å². The summed E-state index contributed by atoms with van der Waals surface area (Å²) in [7, 11) is 1.45. The first kappa shape index (κ1) is 25.2. The number of thiophene rings is 1. The van der Waals surface area contributed by atoms with Crippen LogP contribution in [0.1, 0.15) is 31.2 Å². The first-order chi connectivity index (χ1) is 17.2. The van der Waals surface area contributed by atoms with Gasteiger partial charge in [0.2, 0.25) is 5.91 Å². The number of aromatic carboxylic acids is 1. The van der Waals surface area contributed by atoms with Crippen LogP contribution in [0, 0.1) is 17.5 Å². The highest BCUT2D eigenvalue weighted by atomic mass is 32.1. The molecule has 3 aromatic rings. The van der Waals surface area contributed by atoms with Crippen LogP contribution in [0.25, 0.3) is 0 Å². The molecule has 0 saturated heterocycles. The Morgan fingerprint density at radius 2 is 1.83 bits per heavy atom. The van der Waals surface area contributed by atoms with Crippen molar-refractivity contribution in [1.82, 2.24) is 0 Å². The Kier molecular flexibility index (Phi) is 7.27. The second kappa shape index (κ2) is 10.4. The van der Waals surface area contributed by atoms with Gasteiger partial charge in [-0.15, -0.1) is 11.3 Å². The number of halogens is 3. The molecule has 1 aromatic heterocycles. The summed E-state index contributed by atoms with van der Waals surface area (Å²) >= 11 is 0.797. The largest absolute Gasteiger partial charge is 0.491 e. The van der Waals surface area contributed by atoms with E-state index in [2.05, 4.69) is 0 Å². The zero-order chi connectivity index (χ0) is 26.0. The van der Waals surface area contributed by atoms with Crippen molar-refractivity contribution in [2.45, 2.75) is 13.0 Å². The summed E-state index contributed by atoms with van der Waals surface area (Å²) in [6.45, 7) is -0.248. The van der Waals surface area contributed by atoms with E-state index >= 15 is 0 Å². The maximum Gasteiger partial charge on any atom is 0.346 e. The maximum absolute atomic E-state index is 14.7. The first-order valence-electron chi connectivity index (χ1n) is 10.4. The third-order valence-corrected chi connectivity index (χ3v) is 6.33. The molecular formula is C24H18F3NO7S. The van der Waals surface area contributed by atoms with Crippen molar-refractivity contribution in [3.05, 3.63) is 74.7 Å². The average molecular weight is 521 g/mol. The van der Waals surface area contributed by atoms with Crippen LogP contribution in [-0.4, -0.2) is 43.2 Å². The Hall–Kier alpha value is -3.90. The molecule has 0 spiro atoms. The fraction of sp³-hybridized carbons (Fsp3) is 0.208. The van der Waals surface area contributed by atoms with E-state index in [4.69, 9.17) is 14.2 Å². The number of carbonyl (C=O) groups is 3. The van der Waals surface area contributed by atoms with Crippen LogP contribution in [0.4, 0.5) is 18.9 Å². The van der Waals surface area contributed by atoms with Crippen LogP contribution >= 0.6 is 11.3 Å². The lowest BCUT2D eigenvalue weighted by atomic mass is 10.0. The molecule has 0 saturated carbocycles. The van der Waals surface area contributed by atoms with Crippen LogP contribution in [0.2, 0.25) is 0 Å². The highest BCUT2D eigenvalue weighted by Gasteiger charge is 2.38. The van der Waals surface area contributed by atoms with E-state index in [0.29, 0.717) is 4.90 Å². The van der Waals surface area contributed by atoms with Gasteiger partial charge in [0.25, 0.3) is 5.91 Å². The number of amides is 2. The van der Waals surface area contributed by atoms with Crippen molar-refractivity contribution in [3.63, 3.8) is 0 Å². The van der Waals surface area contributed by atoms with Crippen LogP contribution in [0.15, 0.2) is 35.7 Å². The summed E-state index contributed by atoms with van der Waals surface area (Å²) in [5, 5.41) is 10.8. The zero-order valence-corrected chi connectivity index (χ0v) is 19.5. The summed E-state index contributed by atoms with van der Waals surface area (Å²) in [6, 6.07) is 5.29. The summed E-state index contributed by atoms with van der Waals surface area (Å²) < 4.78 is 58.8. The van der Waals surface area contributed by atoms with Crippen LogP contribution in [-0.2, 0) is 22.6 Å². The number of fused-ring (bicyclic) bond motifs is 1. The van der Waals surface area contributed by atoms with Gasteiger partial charge in [0.15, 0.2) is 11.6 Å². The molecule has 0 aliphatic carbocycles. The number of carboxylic acid groups (broad SMARTS) is 1. The lowest BCUT2D eigenvalue weighted by molar-refractivity contribution is -0.117. The molecule has 2 aromatic carbocycles. The van der Waals surface area contributed by atoms with Crippen LogP contribution in [0.3, 0.4) is 0 Å². The number of anilines is 1. The number of ether oxygens (including phenoxy) is 3. The number of carboxylic acids is 1. The van der Waals surface area contributed by atoms with Crippen LogP contribution < -0.4 is 14.4 Å². The minimum atomic E-state index is -1.35. The Morgan fingerprint density at radius 1 is 1.08 bits per heavy atom. The zero-order valence-electron chi connectivity index (χ0n) is 18.7. The molecule has 8 nitrogen and oxygen atoms in total. The third kappa shape index (κ3) is 4.77. The molecule has 0 atom stereocenters. The lowest BCUT2D eigenvalue weighted by Crippen LogP contribution is -2.43. The van der Waals surface area contributed by atoms with Gasteiger partial charge in [-0.2, -0.15) is 0 Å². The number of rotatable bonds is 9. The quantitative estimate of drug-likeness (QED) is 0.333. The van der Waals surface area contributed by atoms with Gasteiger partial charge in [-0.05, 0) is 35.2 Å². The Bertz CT molecular complexity index is 1360. The minimum absolute atomic E-state index is 0.0147. The van der Waals surface area contributed by atoms with Crippen molar-refractivity contribution in [1.29, 1.82) is 0 Å². The van der Waals surface area contributed by atoms with Crippen molar-refractivity contribution in [3.8, 4) is 11.5 Å². The topological polar surface area (TPSA) is 102 Å². The molecule has 0 radical (unpaired) electrons. The molecule has 0 unspecified atom stereocenters.